The first-order valence-corrected chi connectivity index (χ1v) is 7.40. The van der Waals surface area contributed by atoms with Gasteiger partial charge in [-0.1, -0.05) is 13.3 Å². The molecule has 1 heterocycles. The van der Waals surface area contributed by atoms with Gasteiger partial charge >= 0.3 is 0 Å². The number of piperidine rings is 1. The van der Waals surface area contributed by atoms with Crippen molar-refractivity contribution in [1.29, 1.82) is 0 Å². The van der Waals surface area contributed by atoms with Crippen LogP contribution < -0.4 is 5.73 Å². The van der Waals surface area contributed by atoms with Crippen LogP contribution in [-0.2, 0) is 4.74 Å². The molecule has 3 nitrogen and oxygen atoms in total. The van der Waals surface area contributed by atoms with Crippen molar-refractivity contribution >= 4 is 0 Å². The van der Waals surface area contributed by atoms with Crippen LogP contribution in [0, 0.1) is 5.92 Å². The standard InChI is InChI=1S/C14H28N2O/c1-2-9-17-13-7-4-8-16(11-13)14(10-15)12-5-3-6-12/h12-14H,2-11,15H2,1H3. The van der Waals surface area contributed by atoms with Crippen LogP contribution in [0.15, 0.2) is 0 Å². The van der Waals surface area contributed by atoms with Crippen molar-refractivity contribution in [3.63, 3.8) is 0 Å². The minimum atomic E-state index is 0.456. The van der Waals surface area contributed by atoms with Crippen molar-refractivity contribution in [2.24, 2.45) is 11.7 Å². The van der Waals surface area contributed by atoms with Crippen molar-refractivity contribution in [2.45, 2.75) is 57.6 Å². The third-order valence-electron chi connectivity index (χ3n) is 4.37. The Balaban J connectivity index is 1.81. The molecule has 1 aliphatic carbocycles. The monoisotopic (exact) mass is 240 g/mol. The Kier molecular flexibility index (Phi) is 5.26. The number of likely N-dealkylation sites (tertiary alicyclic amines) is 1. The molecule has 0 aromatic carbocycles. The SMILES string of the molecule is CCCOC1CCCN(C(CN)C2CCC2)C1. The molecule has 2 aliphatic rings. The van der Waals surface area contributed by atoms with Gasteiger partial charge < -0.3 is 10.5 Å². The van der Waals surface area contributed by atoms with Gasteiger partial charge in [0.05, 0.1) is 6.10 Å². The second kappa shape index (κ2) is 6.72. The molecule has 0 aromatic rings. The van der Waals surface area contributed by atoms with Crippen molar-refractivity contribution in [2.75, 3.05) is 26.2 Å². The molecule has 17 heavy (non-hydrogen) atoms. The maximum absolute atomic E-state index is 5.98. The predicted octanol–water partition coefficient (Wildman–Crippen LogP) is 2.00. The van der Waals surface area contributed by atoms with E-state index in [0.29, 0.717) is 12.1 Å². The highest BCUT2D eigenvalue weighted by Crippen LogP contribution is 2.33. The van der Waals surface area contributed by atoms with Gasteiger partial charge in [0.25, 0.3) is 0 Å². The Morgan fingerprint density at radius 2 is 2.12 bits per heavy atom. The summed E-state index contributed by atoms with van der Waals surface area (Å²) in [7, 11) is 0. The first-order chi connectivity index (χ1) is 8.35. The van der Waals surface area contributed by atoms with E-state index in [1.807, 2.05) is 0 Å². The summed E-state index contributed by atoms with van der Waals surface area (Å²) < 4.78 is 5.91. The van der Waals surface area contributed by atoms with Crippen molar-refractivity contribution in [3.8, 4) is 0 Å². The van der Waals surface area contributed by atoms with Gasteiger partial charge in [0.1, 0.15) is 0 Å². The summed E-state index contributed by atoms with van der Waals surface area (Å²) >= 11 is 0. The Bertz CT molecular complexity index is 218. The normalized spacial score (nSPS) is 28.9. The molecule has 2 atom stereocenters. The maximum Gasteiger partial charge on any atom is 0.0702 e. The van der Waals surface area contributed by atoms with Crippen molar-refractivity contribution < 1.29 is 4.74 Å². The predicted molar refractivity (Wildman–Crippen MR) is 71.0 cm³/mol. The minimum absolute atomic E-state index is 0.456. The Morgan fingerprint density at radius 3 is 2.71 bits per heavy atom. The van der Waals surface area contributed by atoms with Crippen LogP contribution in [-0.4, -0.2) is 43.3 Å². The van der Waals surface area contributed by atoms with Crippen LogP contribution in [0.1, 0.15) is 45.4 Å². The van der Waals surface area contributed by atoms with Crippen LogP contribution in [0.5, 0.6) is 0 Å². The van der Waals surface area contributed by atoms with Gasteiger partial charge in [0, 0.05) is 25.7 Å². The molecular formula is C14H28N2O. The lowest BCUT2D eigenvalue weighted by atomic mass is 9.78. The first-order valence-electron chi connectivity index (χ1n) is 7.40. The Labute approximate surface area is 106 Å². The zero-order chi connectivity index (χ0) is 12.1. The number of hydrogen-bond donors (Lipinski definition) is 1. The summed E-state index contributed by atoms with van der Waals surface area (Å²) in [6.45, 7) is 6.25. The number of ether oxygens (including phenoxy) is 1. The molecule has 0 radical (unpaired) electrons. The smallest absolute Gasteiger partial charge is 0.0702 e. The molecule has 2 unspecified atom stereocenters. The van der Waals surface area contributed by atoms with Gasteiger partial charge in [-0.3, -0.25) is 4.90 Å². The number of hydrogen-bond acceptors (Lipinski definition) is 3. The molecular weight excluding hydrogens is 212 g/mol. The molecule has 0 bridgehead atoms. The first kappa shape index (κ1) is 13.3. The summed E-state index contributed by atoms with van der Waals surface area (Å²) in [5.74, 6) is 0.866. The molecule has 2 fully saturated rings. The van der Waals surface area contributed by atoms with Gasteiger partial charge in [-0.2, -0.15) is 0 Å². The highest BCUT2D eigenvalue weighted by Gasteiger charge is 2.33. The van der Waals surface area contributed by atoms with Crippen LogP contribution in [0.4, 0.5) is 0 Å². The average Bonchev–Trinajstić information content (AvgIpc) is 2.31. The summed E-state index contributed by atoms with van der Waals surface area (Å²) in [6, 6.07) is 0.622. The minimum Gasteiger partial charge on any atom is -0.377 e. The molecule has 2 rings (SSSR count). The van der Waals surface area contributed by atoms with E-state index in [1.165, 1.54) is 38.6 Å². The van der Waals surface area contributed by atoms with Gasteiger partial charge in [-0.15, -0.1) is 0 Å². The third kappa shape index (κ3) is 3.43. The summed E-state index contributed by atoms with van der Waals surface area (Å²) in [5, 5.41) is 0. The van der Waals surface area contributed by atoms with E-state index in [1.54, 1.807) is 0 Å². The molecule has 1 saturated heterocycles. The van der Waals surface area contributed by atoms with Gasteiger partial charge in [0.2, 0.25) is 0 Å². The third-order valence-corrected chi connectivity index (χ3v) is 4.37. The van der Waals surface area contributed by atoms with E-state index in [2.05, 4.69) is 11.8 Å². The number of nitrogens with zero attached hydrogens (tertiary/aromatic N) is 1. The number of rotatable bonds is 6. The Hall–Kier alpha value is -0.120. The van der Waals surface area contributed by atoms with E-state index in [-0.39, 0.29) is 0 Å². The molecule has 0 spiro atoms. The molecule has 1 saturated carbocycles. The van der Waals surface area contributed by atoms with Crippen molar-refractivity contribution in [1.82, 2.24) is 4.90 Å². The van der Waals surface area contributed by atoms with Gasteiger partial charge in [-0.05, 0) is 44.6 Å². The lowest BCUT2D eigenvalue weighted by Gasteiger charge is -2.44. The van der Waals surface area contributed by atoms with Crippen LogP contribution in [0.3, 0.4) is 0 Å². The molecule has 0 amide bonds. The van der Waals surface area contributed by atoms with E-state index in [0.717, 1.165) is 32.0 Å². The Morgan fingerprint density at radius 1 is 1.29 bits per heavy atom. The fourth-order valence-corrected chi connectivity index (χ4v) is 3.15. The largest absolute Gasteiger partial charge is 0.377 e. The second-order valence-electron chi connectivity index (χ2n) is 5.62. The fourth-order valence-electron chi connectivity index (χ4n) is 3.15. The second-order valence-corrected chi connectivity index (χ2v) is 5.62. The van der Waals surface area contributed by atoms with E-state index >= 15 is 0 Å². The zero-order valence-electron chi connectivity index (χ0n) is 11.2. The topological polar surface area (TPSA) is 38.5 Å². The lowest BCUT2D eigenvalue weighted by Crippen LogP contribution is -2.52. The van der Waals surface area contributed by atoms with Gasteiger partial charge in [-0.25, -0.2) is 0 Å². The number of nitrogens with two attached hydrogens (primary N) is 1. The summed E-state index contributed by atoms with van der Waals surface area (Å²) in [5.41, 5.74) is 5.98. The zero-order valence-corrected chi connectivity index (χ0v) is 11.2. The molecule has 3 heteroatoms. The van der Waals surface area contributed by atoms with Crippen molar-refractivity contribution in [3.05, 3.63) is 0 Å². The highest BCUT2D eigenvalue weighted by molar-refractivity contribution is 4.88. The van der Waals surface area contributed by atoms with Crippen LogP contribution in [0.2, 0.25) is 0 Å². The van der Waals surface area contributed by atoms with Gasteiger partial charge in [0.15, 0.2) is 0 Å². The summed E-state index contributed by atoms with van der Waals surface area (Å²) in [4.78, 5) is 2.60. The van der Waals surface area contributed by atoms with E-state index < -0.39 is 0 Å². The average molecular weight is 240 g/mol. The molecule has 0 aromatic heterocycles. The quantitative estimate of drug-likeness (QED) is 0.772. The lowest BCUT2D eigenvalue weighted by molar-refractivity contribution is -0.0259. The molecule has 100 valence electrons. The fraction of sp³-hybridized carbons (Fsp3) is 1.00. The summed E-state index contributed by atoms with van der Waals surface area (Å²) in [6.07, 6.45) is 8.27. The molecule has 2 N–H and O–H groups in total. The molecule has 1 aliphatic heterocycles. The highest BCUT2D eigenvalue weighted by atomic mass is 16.5. The van der Waals surface area contributed by atoms with E-state index in [9.17, 15) is 0 Å². The van der Waals surface area contributed by atoms with Crippen LogP contribution >= 0.6 is 0 Å². The maximum atomic E-state index is 5.98. The van der Waals surface area contributed by atoms with Crippen LogP contribution in [0.25, 0.3) is 0 Å². The van der Waals surface area contributed by atoms with E-state index in [4.69, 9.17) is 10.5 Å².